The van der Waals surface area contributed by atoms with Crippen molar-refractivity contribution in [1.82, 2.24) is 9.38 Å². The van der Waals surface area contributed by atoms with E-state index in [4.69, 9.17) is 15.6 Å². The van der Waals surface area contributed by atoms with Crippen LogP contribution in [0.15, 0.2) is 18.2 Å². The predicted molar refractivity (Wildman–Crippen MR) is 66.1 cm³/mol. The van der Waals surface area contributed by atoms with Gasteiger partial charge in [0.1, 0.15) is 5.82 Å². The Bertz CT molecular complexity index is 577. The third kappa shape index (κ3) is 2.02. The van der Waals surface area contributed by atoms with Crippen molar-refractivity contribution in [3.63, 3.8) is 0 Å². The topological polar surface area (TPSA) is 89.8 Å². The quantitative estimate of drug-likeness (QED) is 0.822. The minimum atomic E-state index is -1.04. The van der Waals surface area contributed by atoms with Crippen LogP contribution in [0.25, 0.3) is 5.52 Å². The Morgan fingerprint density at radius 1 is 1.56 bits per heavy atom. The van der Waals surface area contributed by atoms with Crippen molar-refractivity contribution in [2.24, 2.45) is 5.73 Å². The number of ether oxygens (including phenoxy) is 1. The first-order valence-electron chi connectivity index (χ1n) is 5.66. The van der Waals surface area contributed by atoms with Gasteiger partial charge in [-0.05, 0) is 25.1 Å². The number of hydrogen-bond donors (Lipinski definition) is 2. The lowest BCUT2D eigenvalue weighted by Crippen LogP contribution is -2.04. The number of fused-ring (bicyclic) bond motifs is 1. The van der Waals surface area contributed by atoms with E-state index in [1.165, 1.54) is 0 Å². The van der Waals surface area contributed by atoms with E-state index in [1.54, 1.807) is 29.7 Å². The molecule has 3 N–H and O–H groups in total. The van der Waals surface area contributed by atoms with E-state index in [9.17, 15) is 4.79 Å². The fourth-order valence-corrected chi connectivity index (χ4v) is 1.92. The summed E-state index contributed by atoms with van der Waals surface area (Å²) in [5, 5.41) is 9.14. The number of carbonyl (C=O) groups is 1. The Hall–Kier alpha value is -2.08. The van der Waals surface area contributed by atoms with Crippen LogP contribution in [0.3, 0.4) is 0 Å². The summed E-state index contributed by atoms with van der Waals surface area (Å²) in [6, 6.07) is 5.23. The van der Waals surface area contributed by atoms with Crippen molar-refractivity contribution in [2.75, 3.05) is 13.7 Å². The number of carboxylic acids is 1. The molecule has 0 aliphatic carbocycles. The van der Waals surface area contributed by atoms with E-state index in [0.717, 1.165) is 6.42 Å². The number of nitrogens with zero attached hydrogens (tertiary/aromatic N) is 2. The third-order valence-electron chi connectivity index (χ3n) is 2.71. The summed E-state index contributed by atoms with van der Waals surface area (Å²) in [5.41, 5.74) is 6.05. The zero-order valence-electron chi connectivity index (χ0n) is 10.1. The van der Waals surface area contributed by atoms with Crippen molar-refractivity contribution in [1.29, 1.82) is 0 Å². The van der Waals surface area contributed by atoms with Gasteiger partial charge >= 0.3 is 5.97 Å². The lowest BCUT2D eigenvalue weighted by molar-refractivity contribution is 0.0693. The van der Waals surface area contributed by atoms with Crippen molar-refractivity contribution >= 4 is 11.5 Å². The lowest BCUT2D eigenvalue weighted by Gasteiger charge is -2.06. The summed E-state index contributed by atoms with van der Waals surface area (Å²) in [4.78, 5) is 15.3. The SMILES string of the molecule is COc1cccc2c(C(=O)O)nc(CCCN)n12. The van der Waals surface area contributed by atoms with Gasteiger partial charge in [-0.25, -0.2) is 9.78 Å². The van der Waals surface area contributed by atoms with Gasteiger partial charge in [-0.15, -0.1) is 0 Å². The molecule has 0 aromatic carbocycles. The minimum absolute atomic E-state index is 0.0425. The summed E-state index contributed by atoms with van der Waals surface area (Å²) in [6.07, 6.45) is 1.36. The third-order valence-corrected chi connectivity index (χ3v) is 2.71. The molecule has 0 saturated heterocycles. The molecule has 0 atom stereocenters. The number of aromatic carboxylic acids is 1. The van der Waals surface area contributed by atoms with E-state index in [2.05, 4.69) is 4.98 Å². The van der Waals surface area contributed by atoms with E-state index < -0.39 is 5.97 Å². The maximum absolute atomic E-state index is 11.2. The molecule has 2 aromatic rings. The summed E-state index contributed by atoms with van der Waals surface area (Å²) >= 11 is 0. The van der Waals surface area contributed by atoms with Gasteiger partial charge < -0.3 is 15.6 Å². The molecular weight excluding hydrogens is 234 g/mol. The van der Waals surface area contributed by atoms with E-state index in [1.807, 2.05) is 0 Å². The molecule has 0 aliphatic rings. The van der Waals surface area contributed by atoms with Crippen LogP contribution in [0.2, 0.25) is 0 Å². The molecule has 96 valence electrons. The number of aromatic nitrogens is 2. The number of imidazole rings is 1. The fourth-order valence-electron chi connectivity index (χ4n) is 1.92. The van der Waals surface area contributed by atoms with Gasteiger partial charge in [-0.3, -0.25) is 4.40 Å². The highest BCUT2D eigenvalue weighted by atomic mass is 16.5. The second kappa shape index (κ2) is 5.05. The maximum atomic E-state index is 11.2. The summed E-state index contributed by atoms with van der Waals surface area (Å²) in [6.45, 7) is 0.534. The fraction of sp³-hybridized carbons (Fsp3) is 0.333. The van der Waals surface area contributed by atoms with Crippen LogP contribution in [-0.2, 0) is 6.42 Å². The maximum Gasteiger partial charge on any atom is 0.356 e. The van der Waals surface area contributed by atoms with Crippen LogP contribution in [0.1, 0.15) is 22.7 Å². The van der Waals surface area contributed by atoms with Crippen molar-refractivity contribution in [3.8, 4) is 5.88 Å². The smallest absolute Gasteiger partial charge is 0.356 e. The van der Waals surface area contributed by atoms with Gasteiger partial charge in [0.05, 0.1) is 12.6 Å². The summed E-state index contributed by atoms with van der Waals surface area (Å²) in [5.74, 6) is 0.185. The summed E-state index contributed by atoms with van der Waals surface area (Å²) < 4.78 is 6.96. The van der Waals surface area contributed by atoms with Crippen molar-refractivity contribution in [3.05, 3.63) is 29.7 Å². The molecule has 0 unspecified atom stereocenters. The molecule has 0 bridgehead atoms. The van der Waals surface area contributed by atoms with E-state index >= 15 is 0 Å². The first-order chi connectivity index (χ1) is 8.69. The van der Waals surface area contributed by atoms with Crippen LogP contribution >= 0.6 is 0 Å². The second-order valence-corrected chi connectivity index (χ2v) is 3.86. The van der Waals surface area contributed by atoms with Crippen LogP contribution in [-0.4, -0.2) is 34.1 Å². The molecule has 2 heterocycles. The molecule has 0 aliphatic heterocycles. The number of nitrogens with two attached hydrogens (primary N) is 1. The van der Waals surface area contributed by atoms with Gasteiger partial charge in [-0.2, -0.15) is 0 Å². The number of methoxy groups -OCH3 is 1. The lowest BCUT2D eigenvalue weighted by atomic mass is 10.3. The Balaban J connectivity index is 2.64. The molecular formula is C12H15N3O3. The average molecular weight is 249 g/mol. The van der Waals surface area contributed by atoms with Gasteiger partial charge in [0.25, 0.3) is 0 Å². The van der Waals surface area contributed by atoms with Crippen molar-refractivity contribution in [2.45, 2.75) is 12.8 Å². The molecule has 0 amide bonds. The molecule has 18 heavy (non-hydrogen) atoms. The van der Waals surface area contributed by atoms with E-state index in [0.29, 0.717) is 30.2 Å². The Labute approximate surface area is 104 Å². The zero-order chi connectivity index (χ0) is 13.1. The highest BCUT2D eigenvalue weighted by Crippen LogP contribution is 2.21. The second-order valence-electron chi connectivity index (χ2n) is 3.86. The predicted octanol–water partition coefficient (Wildman–Crippen LogP) is 0.932. The summed E-state index contributed by atoms with van der Waals surface area (Å²) in [7, 11) is 1.54. The van der Waals surface area contributed by atoms with Gasteiger partial charge in [0.2, 0.25) is 0 Å². The van der Waals surface area contributed by atoms with Crippen LogP contribution < -0.4 is 10.5 Å². The zero-order valence-corrected chi connectivity index (χ0v) is 10.1. The Morgan fingerprint density at radius 3 is 2.94 bits per heavy atom. The monoisotopic (exact) mass is 249 g/mol. The number of rotatable bonds is 5. The molecule has 6 heteroatoms. The number of pyridine rings is 1. The normalized spacial score (nSPS) is 10.8. The molecule has 0 spiro atoms. The van der Waals surface area contributed by atoms with Crippen molar-refractivity contribution < 1.29 is 14.6 Å². The molecule has 0 radical (unpaired) electrons. The standard InChI is InChI=1S/C12H15N3O3/c1-18-10-6-2-4-8-11(12(16)17)14-9(15(8)10)5-3-7-13/h2,4,6H,3,5,7,13H2,1H3,(H,16,17). The largest absolute Gasteiger partial charge is 0.482 e. The molecule has 2 aromatic heterocycles. The Kier molecular flexibility index (Phi) is 3.47. The van der Waals surface area contributed by atoms with Crippen LogP contribution in [0, 0.1) is 0 Å². The Morgan fingerprint density at radius 2 is 2.33 bits per heavy atom. The molecule has 6 nitrogen and oxygen atoms in total. The molecule has 0 saturated carbocycles. The first-order valence-corrected chi connectivity index (χ1v) is 5.66. The van der Waals surface area contributed by atoms with Gasteiger partial charge in [0, 0.05) is 6.42 Å². The number of carboxylic acid groups (broad SMARTS) is 1. The number of hydrogen-bond acceptors (Lipinski definition) is 4. The highest BCUT2D eigenvalue weighted by Gasteiger charge is 2.18. The highest BCUT2D eigenvalue weighted by molar-refractivity contribution is 5.93. The molecule has 2 rings (SSSR count). The van der Waals surface area contributed by atoms with Crippen LogP contribution in [0.4, 0.5) is 0 Å². The van der Waals surface area contributed by atoms with Gasteiger partial charge in [0.15, 0.2) is 11.6 Å². The minimum Gasteiger partial charge on any atom is -0.482 e. The molecule has 0 fully saturated rings. The van der Waals surface area contributed by atoms with E-state index in [-0.39, 0.29) is 5.69 Å². The van der Waals surface area contributed by atoms with Crippen LogP contribution in [0.5, 0.6) is 5.88 Å². The first kappa shape index (κ1) is 12.4. The average Bonchev–Trinajstić information content (AvgIpc) is 2.75. The number of aryl methyl sites for hydroxylation is 1. The van der Waals surface area contributed by atoms with Gasteiger partial charge in [-0.1, -0.05) is 6.07 Å².